The Bertz CT molecular complexity index is 949. The summed E-state index contributed by atoms with van der Waals surface area (Å²) in [5.41, 5.74) is 1.47. The van der Waals surface area contributed by atoms with Gasteiger partial charge in [0.15, 0.2) is 0 Å². The van der Waals surface area contributed by atoms with E-state index in [-0.39, 0.29) is 23.8 Å². The first-order valence-corrected chi connectivity index (χ1v) is 11.4. The Hall–Kier alpha value is -2.89. The maximum atomic E-state index is 12.3. The molecule has 1 amide bonds. The van der Waals surface area contributed by atoms with Crippen molar-refractivity contribution in [2.45, 2.75) is 37.5 Å². The molecule has 2 aromatic rings. The van der Waals surface area contributed by atoms with Crippen LogP contribution in [-0.4, -0.2) is 34.0 Å². The number of rotatable bonds is 12. The highest BCUT2D eigenvalue weighted by molar-refractivity contribution is 7.89. The van der Waals surface area contributed by atoms with Gasteiger partial charge in [0.1, 0.15) is 5.75 Å². The Morgan fingerprint density at radius 3 is 2.40 bits per heavy atom. The van der Waals surface area contributed by atoms with E-state index < -0.39 is 10.0 Å². The van der Waals surface area contributed by atoms with E-state index >= 15 is 0 Å². The van der Waals surface area contributed by atoms with E-state index in [1.807, 2.05) is 30.3 Å². The summed E-state index contributed by atoms with van der Waals surface area (Å²) in [6.07, 6.45) is 2.89. The lowest BCUT2D eigenvalue weighted by Crippen LogP contribution is -2.26. The molecular weight excluding hydrogens is 402 g/mol. The molecule has 8 heteroatoms. The average Bonchev–Trinajstić information content (AvgIpc) is 2.75. The molecular formula is C22H27N3O4S. The number of hydrogen-bond acceptors (Lipinski definition) is 5. The Morgan fingerprint density at radius 2 is 1.77 bits per heavy atom. The van der Waals surface area contributed by atoms with Crippen molar-refractivity contribution in [2.24, 2.45) is 0 Å². The first kappa shape index (κ1) is 23.4. The summed E-state index contributed by atoms with van der Waals surface area (Å²) in [5.74, 6) is 0.573. The van der Waals surface area contributed by atoms with Gasteiger partial charge in [-0.25, -0.2) is 13.1 Å². The van der Waals surface area contributed by atoms with E-state index in [1.165, 1.54) is 24.3 Å². The number of unbranched alkanes of at least 4 members (excludes halogenated alkanes) is 1. The fraction of sp³-hybridized carbons (Fsp3) is 0.364. The van der Waals surface area contributed by atoms with Crippen LogP contribution in [0, 0.1) is 11.3 Å². The van der Waals surface area contributed by atoms with Gasteiger partial charge in [-0.05, 0) is 54.8 Å². The first-order valence-electron chi connectivity index (χ1n) is 9.93. The van der Waals surface area contributed by atoms with E-state index in [2.05, 4.69) is 17.0 Å². The summed E-state index contributed by atoms with van der Waals surface area (Å²) >= 11 is 0. The van der Waals surface area contributed by atoms with Crippen LogP contribution in [0.3, 0.4) is 0 Å². The van der Waals surface area contributed by atoms with Crippen LogP contribution >= 0.6 is 0 Å². The van der Waals surface area contributed by atoms with Gasteiger partial charge in [0.05, 0.1) is 17.6 Å². The molecule has 0 unspecified atom stereocenters. The first-order chi connectivity index (χ1) is 14.5. The molecule has 0 radical (unpaired) electrons. The van der Waals surface area contributed by atoms with Crippen molar-refractivity contribution in [1.29, 1.82) is 5.26 Å². The van der Waals surface area contributed by atoms with Crippen molar-refractivity contribution < 1.29 is 17.9 Å². The Morgan fingerprint density at radius 1 is 1.07 bits per heavy atom. The van der Waals surface area contributed by atoms with Crippen LogP contribution in [0.25, 0.3) is 0 Å². The highest BCUT2D eigenvalue weighted by Crippen LogP contribution is 2.13. The topological polar surface area (TPSA) is 108 Å². The number of nitriles is 1. The molecule has 0 aliphatic carbocycles. The van der Waals surface area contributed by atoms with Gasteiger partial charge in [0.2, 0.25) is 10.0 Å². The van der Waals surface area contributed by atoms with Crippen LogP contribution in [0.15, 0.2) is 53.4 Å². The smallest absolute Gasteiger partial charge is 0.251 e. The minimum Gasteiger partial charge on any atom is -0.494 e. The molecule has 0 aliphatic rings. The SMILES string of the molecule is CCCCOc1ccc(CCNC(=O)c2ccc(S(=O)(=O)NCCC#N)cc2)cc1. The van der Waals surface area contributed by atoms with Crippen molar-refractivity contribution in [2.75, 3.05) is 19.7 Å². The summed E-state index contributed by atoms with van der Waals surface area (Å²) in [5, 5.41) is 11.3. The molecule has 0 heterocycles. The van der Waals surface area contributed by atoms with Crippen LogP contribution < -0.4 is 14.8 Å². The van der Waals surface area contributed by atoms with Crippen molar-refractivity contribution in [1.82, 2.24) is 10.0 Å². The van der Waals surface area contributed by atoms with Gasteiger partial charge in [-0.2, -0.15) is 5.26 Å². The molecule has 2 aromatic carbocycles. The van der Waals surface area contributed by atoms with Crippen LogP contribution in [0.4, 0.5) is 0 Å². The number of nitrogens with one attached hydrogen (secondary N) is 2. The maximum absolute atomic E-state index is 12.3. The fourth-order valence-electron chi connectivity index (χ4n) is 2.62. The fourth-order valence-corrected chi connectivity index (χ4v) is 3.65. The van der Waals surface area contributed by atoms with Crippen LogP contribution in [0.5, 0.6) is 5.75 Å². The second kappa shape index (κ2) is 12.0. The standard InChI is InChI=1S/C22H27N3O4S/c1-2-3-17-29-20-9-5-18(6-10-20)13-16-24-22(26)19-7-11-21(12-8-19)30(27,28)25-15-4-14-23/h5-12,25H,2-4,13,15-17H2,1H3,(H,24,26). The lowest BCUT2D eigenvalue weighted by atomic mass is 10.1. The lowest BCUT2D eigenvalue weighted by molar-refractivity contribution is 0.0954. The van der Waals surface area contributed by atoms with Gasteiger partial charge < -0.3 is 10.1 Å². The zero-order valence-electron chi connectivity index (χ0n) is 17.1. The van der Waals surface area contributed by atoms with Crippen molar-refractivity contribution in [3.63, 3.8) is 0 Å². The Kier molecular flexibility index (Phi) is 9.32. The Labute approximate surface area is 178 Å². The van der Waals surface area contributed by atoms with Gasteiger partial charge >= 0.3 is 0 Å². The van der Waals surface area contributed by atoms with Crippen LogP contribution in [0.1, 0.15) is 42.1 Å². The van der Waals surface area contributed by atoms with Gasteiger partial charge in [-0.15, -0.1) is 0 Å². The molecule has 0 aliphatic heterocycles. The van der Waals surface area contributed by atoms with Gasteiger partial charge in [-0.1, -0.05) is 25.5 Å². The van der Waals surface area contributed by atoms with Crippen molar-refractivity contribution >= 4 is 15.9 Å². The molecule has 2 rings (SSSR count). The zero-order chi connectivity index (χ0) is 21.8. The third kappa shape index (κ3) is 7.50. The number of nitrogens with zero attached hydrogens (tertiary/aromatic N) is 1. The molecule has 0 spiro atoms. The summed E-state index contributed by atoms with van der Waals surface area (Å²) in [6.45, 7) is 3.34. The van der Waals surface area contributed by atoms with E-state index in [1.54, 1.807) is 0 Å². The molecule has 0 bridgehead atoms. The van der Waals surface area contributed by atoms with Crippen LogP contribution in [0.2, 0.25) is 0 Å². The molecule has 0 saturated carbocycles. The van der Waals surface area contributed by atoms with E-state index in [0.717, 1.165) is 24.2 Å². The Balaban J connectivity index is 1.81. The number of ether oxygens (including phenoxy) is 1. The molecule has 2 N–H and O–H groups in total. The highest BCUT2D eigenvalue weighted by atomic mass is 32.2. The molecule has 7 nitrogen and oxygen atoms in total. The number of hydrogen-bond donors (Lipinski definition) is 2. The van der Waals surface area contributed by atoms with E-state index in [0.29, 0.717) is 25.1 Å². The van der Waals surface area contributed by atoms with E-state index in [9.17, 15) is 13.2 Å². The summed E-state index contributed by atoms with van der Waals surface area (Å²) in [7, 11) is -3.68. The van der Waals surface area contributed by atoms with Gasteiger partial charge in [-0.3, -0.25) is 4.79 Å². The maximum Gasteiger partial charge on any atom is 0.251 e. The quantitative estimate of drug-likeness (QED) is 0.504. The highest BCUT2D eigenvalue weighted by Gasteiger charge is 2.14. The predicted molar refractivity (Wildman–Crippen MR) is 115 cm³/mol. The monoisotopic (exact) mass is 429 g/mol. The largest absolute Gasteiger partial charge is 0.494 e. The van der Waals surface area contributed by atoms with Crippen LogP contribution in [-0.2, 0) is 16.4 Å². The number of amides is 1. The number of carbonyl (C=O) groups is 1. The second-order valence-electron chi connectivity index (χ2n) is 6.68. The molecule has 160 valence electrons. The number of sulfonamides is 1. The molecule has 0 fully saturated rings. The number of benzene rings is 2. The normalized spacial score (nSPS) is 10.9. The zero-order valence-corrected chi connectivity index (χ0v) is 17.9. The van der Waals surface area contributed by atoms with Crippen molar-refractivity contribution in [3.8, 4) is 11.8 Å². The third-order valence-electron chi connectivity index (χ3n) is 4.34. The van der Waals surface area contributed by atoms with Crippen molar-refractivity contribution in [3.05, 3.63) is 59.7 Å². The second-order valence-corrected chi connectivity index (χ2v) is 8.45. The molecule has 30 heavy (non-hydrogen) atoms. The van der Waals surface area contributed by atoms with E-state index in [4.69, 9.17) is 10.00 Å². The predicted octanol–water partition coefficient (Wildman–Crippen LogP) is 3.03. The van der Waals surface area contributed by atoms with Gasteiger partial charge in [0.25, 0.3) is 5.91 Å². The van der Waals surface area contributed by atoms with Gasteiger partial charge in [0, 0.05) is 25.1 Å². The summed E-state index contributed by atoms with van der Waals surface area (Å²) in [4.78, 5) is 12.3. The molecule has 0 aromatic heterocycles. The molecule has 0 saturated heterocycles. The third-order valence-corrected chi connectivity index (χ3v) is 5.82. The minimum atomic E-state index is -3.68. The average molecular weight is 430 g/mol. The lowest BCUT2D eigenvalue weighted by Gasteiger charge is -2.09. The molecule has 0 atom stereocenters. The number of carbonyl (C=O) groups excluding carboxylic acids is 1. The minimum absolute atomic E-state index is 0.0485. The summed E-state index contributed by atoms with van der Waals surface area (Å²) < 4.78 is 32.1. The summed E-state index contributed by atoms with van der Waals surface area (Å²) in [6, 6.07) is 15.4.